The van der Waals surface area contributed by atoms with Crippen molar-refractivity contribution in [2.24, 2.45) is 4.99 Å². The first-order chi connectivity index (χ1) is 10.8. The van der Waals surface area contributed by atoms with E-state index in [4.69, 9.17) is 9.15 Å². The van der Waals surface area contributed by atoms with Crippen molar-refractivity contribution in [3.63, 3.8) is 0 Å². The zero-order valence-corrected chi connectivity index (χ0v) is 15.4. The topological polar surface area (TPSA) is 87.9 Å². The van der Waals surface area contributed by atoms with Crippen LogP contribution in [0.3, 0.4) is 0 Å². The second-order valence-electron chi connectivity index (χ2n) is 5.59. The molecule has 2 bridgehead atoms. The highest BCUT2D eigenvalue weighted by Gasteiger charge is 2.41. The molecule has 0 saturated carbocycles. The second-order valence-corrected chi connectivity index (χ2v) is 5.59. The van der Waals surface area contributed by atoms with Gasteiger partial charge in [-0.05, 0) is 31.4 Å². The number of furan rings is 1. The number of nitrogens with zero attached hydrogens (tertiary/aromatic N) is 1. The maximum atomic E-state index is 11.7. The lowest BCUT2D eigenvalue weighted by atomic mass is 9.96. The van der Waals surface area contributed by atoms with Gasteiger partial charge in [0.15, 0.2) is 11.7 Å². The third-order valence-corrected chi connectivity index (χ3v) is 4.10. The number of amides is 1. The number of hydrogen-bond acceptors (Lipinski definition) is 4. The SMILES string of the molecule is CN=C(NCCNC(=O)c1ccco1)NC1CC2CCC1O2.I. The van der Waals surface area contributed by atoms with Crippen LogP contribution in [0.15, 0.2) is 27.8 Å². The monoisotopic (exact) mass is 434 g/mol. The number of rotatable bonds is 5. The molecule has 3 heterocycles. The number of guanidine groups is 1. The number of fused-ring (bicyclic) bond motifs is 2. The number of carbonyl (C=O) groups is 1. The normalized spacial score (nSPS) is 25.8. The van der Waals surface area contributed by atoms with Gasteiger partial charge in [0.05, 0.1) is 24.5 Å². The van der Waals surface area contributed by atoms with E-state index in [1.54, 1.807) is 19.2 Å². The molecule has 8 heteroatoms. The molecule has 3 atom stereocenters. The standard InChI is InChI=1S/C15H22N4O3.HI/c1-16-15(19-11-9-10-4-5-12(11)22-10)18-7-6-17-14(20)13-3-2-8-21-13;/h2-3,8,10-12H,4-7,9H2,1H3,(H,17,20)(H2,16,18,19);1H. The van der Waals surface area contributed by atoms with Crippen LogP contribution >= 0.6 is 24.0 Å². The van der Waals surface area contributed by atoms with Crippen molar-refractivity contribution < 1.29 is 13.9 Å². The molecular weight excluding hydrogens is 411 g/mol. The summed E-state index contributed by atoms with van der Waals surface area (Å²) < 4.78 is 10.8. The summed E-state index contributed by atoms with van der Waals surface area (Å²) in [6, 6.07) is 3.66. The lowest BCUT2D eigenvalue weighted by Crippen LogP contribution is -2.48. The van der Waals surface area contributed by atoms with E-state index in [0.717, 1.165) is 18.8 Å². The minimum Gasteiger partial charge on any atom is -0.459 e. The Bertz CT molecular complexity index is 535. The Morgan fingerprint density at radius 3 is 2.78 bits per heavy atom. The molecule has 7 nitrogen and oxygen atoms in total. The van der Waals surface area contributed by atoms with Gasteiger partial charge in [0.2, 0.25) is 0 Å². The first-order valence-electron chi connectivity index (χ1n) is 7.70. The number of nitrogens with one attached hydrogen (secondary N) is 3. The van der Waals surface area contributed by atoms with Gasteiger partial charge in [-0.3, -0.25) is 9.79 Å². The van der Waals surface area contributed by atoms with Crippen LogP contribution in [-0.2, 0) is 4.74 Å². The van der Waals surface area contributed by atoms with Crippen molar-refractivity contribution >= 4 is 35.8 Å². The van der Waals surface area contributed by atoms with E-state index < -0.39 is 0 Å². The third kappa shape index (κ3) is 4.60. The van der Waals surface area contributed by atoms with Crippen molar-refractivity contribution in [2.45, 2.75) is 37.5 Å². The molecule has 1 aromatic rings. The zero-order valence-electron chi connectivity index (χ0n) is 13.1. The van der Waals surface area contributed by atoms with Crippen LogP contribution in [0, 0.1) is 0 Å². The average Bonchev–Trinajstić information content (AvgIpc) is 3.27. The quantitative estimate of drug-likeness (QED) is 0.280. The summed E-state index contributed by atoms with van der Waals surface area (Å²) in [4.78, 5) is 15.9. The van der Waals surface area contributed by atoms with Gasteiger partial charge >= 0.3 is 0 Å². The molecule has 0 aromatic carbocycles. The molecular formula is C15H23IN4O3. The van der Waals surface area contributed by atoms with Crippen molar-refractivity contribution in [1.29, 1.82) is 0 Å². The Hall–Kier alpha value is -1.29. The van der Waals surface area contributed by atoms with Crippen LogP contribution in [0.2, 0.25) is 0 Å². The number of hydrogen-bond donors (Lipinski definition) is 3. The summed E-state index contributed by atoms with van der Waals surface area (Å²) in [5.41, 5.74) is 0. The first kappa shape index (κ1) is 18.1. The van der Waals surface area contributed by atoms with Gasteiger partial charge in [-0.1, -0.05) is 0 Å². The highest BCUT2D eigenvalue weighted by Crippen LogP contribution is 2.34. The van der Waals surface area contributed by atoms with Crippen molar-refractivity contribution in [2.75, 3.05) is 20.1 Å². The molecule has 0 radical (unpaired) electrons. The second kappa shape index (κ2) is 8.53. The number of ether oxygens (including phenoxy) is 1. The highest BCUT2D eigenvalue weighted by molar-refractivity contribution is 14.0. The summed E-state index contributed by atoms with van der Waals surface area (Å²) in [7, 11) is 1.74. The first-order valence-corrected chi connectivity index (χ1v) is 7.70. The molecule has 2 saturated heterocycles. The van der Waals surface area contributed by atoms with Gasteiger partial charge in [-0.2, -0.15) is 0 Å². The van der Waals surface area contributed by atoms with Gasteiger partial charge in [-0.15, -0.1) is 24.0 Å². The minimum atomic E-state index is -0.212. The molecule has 1 aromatic heterocycles. The smallest absolute Gasteiger partial charge is 0.287 e. The molecule has 128 valence electrons. The summed E-state index contributed by atoms with van der Waals surface area (Å²) in [5, 5.41) is 9.37. The predicted octanol–water partition coefficient (Wildman–Crippen LogP) is 1.11. The molecule has 1 amide bonds. The lowest BCUT2D eigenvalue weighted by Gasteiger charge is -2.22. The van der Waals surface area contributed by atoms with Crippen molar-refractivity contribution in [3.05, 3.63) is 24.2 Å². The fourth-order valence-corrected chi connectivity index (χ4v) is 3.01. The van der Waals surface area contributed by atoms with E-state index in [0.29, 0.717) is 37.1 Å². The van der Waals surface area contributed by atoms with Gasteiger partial charge in [0.1, 0.15) is 0 Å². The Morgan fingerprint density at radius 2 is 2.17 bits per heavy atom. The molecule has 23 heavy (non-hydrogen) atoms. The Kier molecular flexibility index (Phi) is 6.70. The number of halogens is 1. The third-order valence-electron chi connectivity index (χ3n) is 4.10. The Morgan fingerprint density at radius 1 is 1.35 bits per heavy atom. The molecule has 3 N–H and O–H groups in total. The Balaban J connectivity index is 0.00000192. The van der Waals surface area contributed by atoms with E-state index in [1.807, 2.05) is 0 Å². The molecule has 2 fully saturated rings. The fraction of sp³-hybridized carbons (Fsp3) is 0.600. The average molecular weight is 434 g/mol. The van der Waals surface area contributed by atoms with Crippen LogP contribution < -0.4 is 16.0 Å². The lowest BCUT2D eigenvalue weighted by molar-refractivity contribution is 0.0926. The van der Waals surface area contributed by atoms with E-state index in [9.17, 15) is 4.79 Å². The van der Waals surface area contributed by atoms with Crippen LogP contribution in [0.4, 0.5) is 0 Å². The molecule has 0 aliphatic carbocycles. The zero-order chi connectivity index (χ0) is 15.4. The van der Waals surface area contributed by atoms with E-state index in [1.165, 1.54) is 12.7 Å². The molecule has 2 aliphatic rings. The molecule has 2 aliphatic heterocycles. The fourth-order valence-electron chi connectivity index (χ4n) is 3.01. The highest BCUT2D eigenvalue weighted by atomic mass is 127. The molecule has 3 unspecified atom stereocenters. The van der Waals surface area contributed by atoms with Crippen LogP contribution in [0.25, 0.3) is 0 Å². The van der Waals surface area contributed by atoms with E-state index in [-0.39, 0.29) is 29.9 Å². The predicted molar refractivity (Wildman–Crippen MR) is 97.3 cm³/mol. The van der Waals surface area contributed by atoms with Gasteiger partial charge in [0, 0.05) is 20.1 Å². The van der Waals surface area contributed by atoms with Crippen molar-refractivity contribution in [1.82, 2.24) is 16.0 Å². The van der Waals surface area contributed by atoms with Crippen LogP contribution in [-0.4, -0.2) is 50.3 Å². The van der Waals surface area contributed by atoms with Crippen LogP contribution in [0.5, 0.6) is 0 Å². The summed E-state index contributed by atoms with van der Waals surface area (Å²) in [6.07, 6.45) is 5.54. The van der Waals surface area contributed by atoms with Gasteiger partial charge in [0.25, 0.3) is 5.91 Å². The molecule has 3 rings (SSSR count). The summed E-state index contributed by atoms with van der Waals surface area (Å²) >= 11 is 0. The Labute approximate surface area is 152 Å². The van der Waals surface area contributed by atoms with Gasteiger partial charge in [-0.25, -0.2) is 0 Å². The maximum absolute atomic E-state index is 11.7. The van der Waals surface area contributed by atoms with E-state index >= 15 is 0 Å². The number of carbonyl (C=O) groups excluding carboxylic acids is 1. The van der Waals surface area contributed by atoms with Crippen molar-refractivity contribution in [3.8, 4) is 0 Å². The summed E-state index contributed by atoms with van der Waals surface area (Å²) in [5.74, 6) is 0.853. The maximum Gasteiger partial charge on any atom is 0.287 e. The van der Waals surface area contributed by atoms with E-state index in [2.05, 4.69) is 20.9 Å². The molecule has 0 spiro atoms. The number of aliphatic imine (C=N–C) groups is 1. The summed E-state index contributed by atoms with van der Waals surface area (Å²) in [6.45, 7) is 1.08. The minimum absolute atomic E-state index is 0. The van der Waals surface area contributed by atoms with Crippen LogP contribution in [0.1, 0.15) is 29.8 Å². The van der Waals surface area contributed by atoms with Gasteiger partial charge < -0.3 is 25.1 Å². The largest absolute Gasteiger partial charge is 0.459 e.